The van der Waals surface area contributed by atoms with Crippen LogP contribution < -0.4 is 11.3 Å². The molecule has 1 rings (SSSR count). The fraction of sp³-hybridized carbons (Fsp3) is 0.462. The van der Waals surface area contributed by atoms with E-state index in [0.29, 0.717) is 6.54 Å². The van der Waals surface area contributed by atoms with Crippen LogP contribution in [-0.2, 0) is 0 Å². The van der Waals surface area contributed by atoms with E-state index in [4.69, 9.17) is 10.9 Å². The molecule has 0 atom stereocenters. The van der Waals surface area contributed by atoms with Crippen molar-refractivity contribution in [2.45, 2.75) is 19.8 Å². The fourth-order valence-corrected chi connectivity index (χ4v) is 1.98. The van der Waals surface area contributed by atoms with Crippen LogP contribution in [0.25, 0.3) is 0 Å². The lowest BCUT2D eigenvalue weighted by Crippen LogP contribution is -2.35. The van der Waals surface area contributed by atoms with Crippen molar-refractivity contribution < 1.29 is 14.8 Å². The predicted molar refractivity (Wildman–Crippen MR) is 78.8 cm³/mol. The van der Waals surface area contributed by atoms with Gasteiger partial charge < -0.3 is 15.4 Å². The van der Waals surface area contributed by atoms with Gasteiger partial charge in [-0.1, -0.05) is 19.4 Å². The van der Waals surface area contributed by atoms with Crippen molar-refractivity contribution in [2.75, 3.05) is 25.1 Å². The van der Waals surface area contributed by atoms with Gasteiger partial charge in [0, 0.05) is 19.2 Å². The van der Waals surface area contributed by atoms with Crippen LogP contribution in [0.1, 0.15) is 30.1 Å². The first-order chi connectivity index (χ1) is 10.1. The number of aliphatic hydroxyl groups is 1. The van der Waals surface area contributed by atoms with Crippen molar-refractivity contribution in [3.05, 3.63) is 33.9 Å². The Kier molecular flexibility index (Phi) is 6.57. The highest BCUT2D eigenvalue weighted by Crippen LogP contribution is 2.28. The molecule has 8 heteroatoms. The first kappa shape index (κ1) is 16.9. The van der Waals surface area contributed by atoms with Crippen molar-refractivity contribution in [2.24, 2.45) is 5.84 Å². The molecule has 1 aromatic rings. The maximum atomic E-state index is 12.5. The lowest BCUT2D eigenvalue weighted by molar-refractivity contribution is -0.384. The summed E-state index contributed by atoms with van der Waals surface area (Å²) < 4.78 is 0. The van der Waals surface area contributed by atoms with Gasteiger partial charge in [0.2, 0.25) is 0 Å². The molecule has 8 nitrogen and oxygen atoms in total. The number of aliphatic hydroxyl groups excluding tert-OH is 1. The molecule has 116 valence electrons. The van der Waals surface area contributed by atoms with Crippen LogP contribution in [0.4, 0.5) is 11.4 Å². The first-order valence-electron chi connectivity index (χ1n) is 6.70. The van der Waals surface area contributed by atoms with Gasteiger partial charge in [-0.15, -0.1) is 0 Å². The van der Waals surface area contributed by atoms with Gasteiger partial charge in [0.1, 0.15) is 5.69 Å². The Morgan fingerprint density at radius 2 is 2.19 bits per heavy atom. The van der Waals surface area contributed by atoms with Crippen molar-refractivity contribution in [1.82, 2.24) is 4.90 Å². The molecule has 0 aliphatic heterocycles. The quantitative estimate of drug-likeness (QED) is 0.375. The summed E-state index contributed by atoms with van der Waals surface area (Å²) in [7, 11) is 0. The van der Waals surface area contributed by atoms with Crippen LogP contribution in [0.5, 0.6) is 0 Å². The molecule has 1 aromatic carbocycles. The summed E-state index contributed by atoms with van der Waals surface area (Å²) in [4.78, 5) is 24.3. The monoisotopic (exact) mass is 296 g/mol. The first-order valence-corrected chi connectivity index (χ1v) is 6.70. The molecule has 0 saturated carbocycles. The van der Waals surface area contributed by atoms with Crippen LogP contribution >= 0.6 is 0 Å². The molecule has 21 heavy (non-hydrogen) atoms. The molecule has 1 amide bonds. The number of nitrogens with one attached hydrogen (secondary N) is 1. The standard InChI is InChI=1S/C13H20N4O4/c1-2-3-7-16(8-9-18)13(19)10-5-4-6-11(17(20)21)12(10)15-14/h4-6,15,18H,2-3,7-9,14H2,1H3. The number of nitrogen functional groups attached to an aromatic ring is 1. The number of carbonyl (C=O) groups excluding carboxylic acids is 1. The molecule has 0 aromatic heterocycles. The third kappa shape index (κ3) is 4.14. The van der Waals surface area contributed by atoms with Crippen LogP contribution in [0.3, 0.4) is 0 Å². The number of benzene rings is 1. The summed E-state index contributed by atoms with van der Waals surface area (Å²) in [6, 6.07) is 4.18. The van der Waals surface area contributed by atoms with Crippen molar-refractivity contribution in [3.63, 3.8) is 0 Å². The number of para-hydroxylation sites is 1. The van der Waals surface area contributed by atoms with E-state index in [1.54, 1.807) is 0 Å². The topological polar surface area (TPSA) is 122 Å². The number of hydrazine groups is 1. The highest BCUT2D eigenvalue weighted by atomic mass is 16.6. The van der Waals surface area contributed by atoms with E-state index in [1.807, 2.05) is 6.92 Å². The van der Waals surface area contributed by atoms with Gasteiger partial charge in [-0.05, 0) is 12.5 Å². The highest BCUT2D eigenvalue weighted by Gasteiger charge is 2.24. The smallest absolute Gasteiger partial charge is 0.294 e. The second-order valence-corrected chi connectivity index (χ2v) is 4.47. The molecule has 0 radical (unpaired) electrons. The average Bonchev–Trinajstić information content (AvgIpc) is 2.49. The molecule has 0 fully saturated rings. The summed E-state index contributed by atoms with van der Waals surface area (Å²) in [5.41, 5.74) is 2.07. The van der Waals surface area contributed by atoms with Crippen LogP contribution in [0.2, 0.25) is 0 Å². The normalized spacial score (nSPS) is 10.2. The summed E-state index contributed by atoms with van der Waals surface area (Å²) in [5.74, 6) is 4.93. The van der Waals surface area contributed by atoms with Gasteiger partial charge >= 0.3 is 0 Å². The molecule has 0 heterocycles. The second kappa shape index (κ2) is 8.18. The summed E-state index contributed by atoms with van der Waals surface area (Å²) in [6.07, 6.45) is 1.68. The number of hydrogen-bond donors (Lipinski definition) is 3. The predicted octanol–water partition coefficient (Wildman–Crippen LogP) is 1.12. The zero-order valence-corrected chi connectivity index (χ0v) is 11.9. The van der Waals surface area contributed by atoms with Crippen LogP contribution in [0.15, 0.2) is 18.2 Å². The fourth-order valence-electron chi connectivity index (χ4n) is 1.98. The number of anilines is 1. The van der Waals surface area contributed by atoms with E-state index >= 15 is 0 Å². The number of nitro groups is 1. The lowest BCUT2D eigenvalue weighted by Gasteiger charge is -2.22. The Bertz CT molecular complexity index is 507. The van der Waals surface area contributed by atoms with E-state index in [1.165, 1.54) is 23.1 Å². The van der Waals surface area contributed by atoms with E-state index in [9.17, 15) is 14.9 Å². The Morgan fingerprint density at radius 3 is 2.71 bits per heavy atom. The Labute approximate surface area is 122 Å². The van der Waals surface area contributed by atoms with Crippen molar-refractivity contribution >= 4 is 17.3 Å². The van der Waals surface area contributed by atoms with E-state index in [2.05, 4.69) is 5.43 Å². The number of nitrogens with two attached hydrogens (primary N) is 1. The third-order valence-electron chi connectivity index (χ3n) is 3.05. The van der Waals surface area contributed by atoms with Gasteiger partial charge in [-0.2, -0.15) is 0 Å². The minimum atomic E-state index is -0.603. The van der Waals surface area contributed by atoms with E-state index in [-0.39, 0.29) is 30.1 Å². The Hall–Kier alpha value is -2.19. The van der Waals surface area contributed by atoms with Crippen LogP contribution in [0, 0.1) is 10.1 Å². The SMILES string of the molecule is CCCCN(CCO)C(=O)c1cccc([N+](=O)[O-])c1NN. The minimum absolute atomic E-state index is 0.0214. The molecule has 0 unspecified atom stereocenters. The molecule has 4 N–H and O–H groups in total. The molecular formula is C13H20N4O4. The Morgan fingerprint density at radius 1 is 1.48 bits per heavy atom. The lowest BCUT2D eigenvalue weighted by atomic mass is 10.1. The molecule has 0 bridgehead atoms. The highest BCUT2D eigenvalue weighted by molar-refractivity contribution is 6.01. The van der Waals surface area contributed by atoms with Crippen molar-refractivity contribution in [1.29, 1.82) is 0 Å². The second-order valence-electron chi connectivity index (χ2n) is 4.47. The number of nitro benzene ring substituents is 1. The molecule has 0 saturated heterocycles. The maximum absolute atomic E-state index is 12.5. The number of rotatable bonds is 8. The molecule has 0 aliphatic rings. The van der Waals surface area contributed by atoms with Gasteiger partial charge in [0.25, 0.3) is 11.6 Å². The average molecular weight is 296 g/mol. The number of amides is 1. The summed E-state index contributed by atoms with van der Waals surface area (Å²) in [6.45, 7) is 2.46. The van der Waals surface area contributed by atoms with Crippen LogP contribution in [-0.4, -0.2) is 40.5 Å². The maximum Gasteiger partial charge on any atom is 0.294 e. The zero-order valence-electron chi connectivity index (χ0n) is 11.9. The largest absolute Gasteiger partial charge is 0.395 e. The van der Waals surface area contributed by atoms with Gasteiger partial charge in [-0.3, -0.25) is 20.8 Å². The third-order valence-corrected chi connectivity index (χ3v) is 3.05. The Balaban J connectivity index is 3.14. The van der Waals surface area contributed by atoms with Gasteiger partial charge in [-0.25, -0.2) is 0 Å². The molecule has 0 aliphatic carbocycles. The summed E-state index contributed by atoms with van der Waals surface area (Å²) >= 11 is 0. The van der Waals surface area contributed by atoms with Gasteiger partial charge in [0.05, 0.1) is 17.1 Å². The van der Waals surface area contributed by atoms with Crippen molar-refractivity contribution in [3.8, 4) is 0 Å². The minimum Gasteiger partial charge on any atom is -0.395 e. The zero-order chi connectivity index (χ0) is 15.8. The molecule has 0 spiro atoms. The summed E-state index contributed by atoms with van der Waals surface area (Å²) in [5, 5.41) is 20.0. The van der Waals surface area contributed by atoms with E-state index < -0.39 is 10.8 Å². The van der Waals surface area contributed by atoms with E-state index in [0.717, 1.165) is 12.8 Å². The molecular weight excluding hydrogens is 276 g/mol. The number of nitrogens with zero attached hydrogens (tertiary/aromatic N) is 2. The van der Waals surface area contributed by atoms with Gasteiger partial charge in [0.15, 0.2) is 0 Å². The number of unbranched alkanes of at least 4 members (excludes halogenated alkanes) is 1. The number of carbonyl (C=O) groups is 1. The number of hydrogen-bond acceptors (Lipinski definition) is 6.